The van der Waals surface area contributed by atoms with E-state index in [0.29, 0.717) is 48.6 Å². The highest BCUT2D eigenvalue weighted by molar-refractivity contribution is 5.95. The largest absolute Gasteiger partial charge is 0.454 e. The summed E-state index contributed by atoms with van der Waals surface area (Å²) in [6, 6.07) is 5.62. The number of rotatable bonds is 3. The lowest BCUT2D eigenvalue weighted by Gasteiger charge is -2.63. The highest BCUT2D eigenvalue weighted by atomic mass is 16.7. The van der Waals surface area contributed by atoms with Gasteiger partial charge in [-0.2, -0.15) is 0 Å². The van der Waals surface area contributed by atoms with Crippen LogP contribution in [0.2, 0.25) is 0 Å². The van der Waals surface area contributed by atoms with E-state index in [0.717, 1.165) is 31.2 Å². The molecule has 8 heteroatoms. The van der Waals surface area contributed by atoms with Crippen molar-refractivity contribution in [3.63, 3.8) is 0 Å². The molecule has 2 aliphatic carbocycles. The van der Waals surface area contributed by atoms with E-state index >= 15 is 0 Å². The van der Waals surface area contributed by atoms with Gasteiger partial charge in [0.1, 0.15) is 12.6 Å². The molecule has 0 radical (unpaired) electrons. The Labute approximate surface area is 216 Å². The van der Waals surface area contributed by atoms with Crippen molar-refractivity contribution in [1.82, 2.24) is 0 Å². The number of fused-ring (bicyclic) bond motifs is 6. The van der Waals surface area contributed by atoms with Gasteiger partial charge in [-0.15, -0.1) is 0 Å². The lowest BCUT2D eigenvalue weighted by Crippen LogP contribution is -2.64. The fraction of sp³-hybridized carbons (Fsp3) is 0.621. The number of aliphatic hydroxyl groups is 1. The summed E-state index contributed by atoms with van der Waals surface area (Å²) in [6.07, 6.45) is 7.78. The number of allylic oxidation sites excluding steroid dienone is 1. The minimum Gasteiger partial charge on any atom is -0.454 e. The molecule has 4 fully saturated rings. The summed E-state index contributed by atoms with van der Waals surface area (Å²) >= 11 is 0. The van der Waals surface area contributed by atoms with Crippen LogP contribution in [-0.2, 0) is 23.7 Å². The van der Waals surface area contributed by atoms with Gasteiger partial charge in [0.15, 0.2) is 11.5 Å². The van der Waals surface area contributed by atoms with E-state index in [9.17, 15) is 9.90 Å². The topological polar surface area (TPSA) is 92.7 Å². The Bertz CT molecular complexity index is 1190. The van der Waals surface area contributed by atoms with Gasteiger partial charge < -0.3 is 33.5 Å². The van der Waals surface area contributed by atoms with E-state index < -0.39 is 11.7 Å². The van der Waals surface area contributed by atoms with E-state index in [2.05, 4.69) is 13.8 Å². The first-order valence-corrected chi connectivity index (χ1v) is 13.4. The van der Waals surface area contributed by atoms with Gasteiger partial charge in [0.2, 0.25) is 6.79 Å². The predicted octanol–water partition coefficient (Wildman–Crippen LogP) is 3.96. The Balaban J connectivity index is 1.17. The molecular weight excluding hydrogens is 476 g/mol. The number of esters is 1. The van der Waals surface area contributed by atoms with Gasteiger partial charge in [0, 0.05) is 5.41 Å². The van der Waals surface area contributed by atoms with Crippen LogP contribution in [0.5, 0.6) is 11.5 Å². The molecule has 1 aromatic carbocycles. The third-order valence-corrected chi connectivity index (χ3v) is 10.2. The monoisotopic (exact) mass is 510 g/mol. The van der Waals surface area contributed by atoms with Crippen LogP contribution in [0.4, 0.5) is 0 Å². The number of benzene rings is 1. The minimum atomic E-state index is -0.652. The first-order chi connectivity index (χ1) is 17.8. The molecule has 0 spiro atoms. The molecule has 2 saturated heterocycles. The second kappa shape index (κ2) is 8.30. The summed E-state index contributed by atoms with van der Waals surface area (Å²) in [7, 11) is 0. The van der Waals surface area contributed by atoms with Gasteiger partial charge in [0.05, 0.1) is 36.6 Å². The van der Waals surface area contributed by atoms with E-state index in [1.54, 1.807) is 6.08 Å². The summed E-state index contributed by atoms with van der Waals surface area (Å²) in [5.74, 6) is 2.01. The highest BCUT2D eigenvalue weighted by Gasteiger charge is 2.67. The van der Waals surface area contributed by atoms with Crippen LogP contribution in [0.1, 0.15) is 51.5 Å². The maximum Gasteiger partial charge on any atom is 0.342 e. The number of hydrogen-bond acceptors (Lipinski definition) is 8. The Hall–Kier alpha value is -2.39. The minimum absolute atomic E-state index is 0.0424. The molecule has 1 unspecified atom stereocenters. The molecule has 4 aliphatic heterocycles. The Kier molecular flexibility index (Phi) is 5.32. The Morgan fingerprint density at radius 1 is 1.05 bits per heavy atom. The van der Waals surface area contributed by atoms with Gasteiger partial charge >= 0.3 is 5.97 Å². The first kappa shape index (κ1) is 23.7. The lowest BCUT2D eigenvalue weighted by atomic mass is 9.44. The van der Waals surface area contributed by atoms with Gasteiger partial charge in [-0.3, -0.25) is 0 Å². The van der Waals surface area contributed by atoms with Crippen molar-refractivity contribution >= 4 is 12.0 Å². The second-order valence-corrected chi connectivity index (χ2v) is 12.0. The average molecular weight is 511 g/mol. The van der Waals surface area contributed by atoms with Crippen LogP contribution < -0.4 is 9.47 Å². The summed E-state index contributed by atoms with van der Waals surface area (Å²) < 4.78 is 35.0. The second-order valence-electron chi connectivity index (χ2n) is 12.0. The van der Waals surface area contributed by atoms with Crippen molar-refractivity contribution in [2.75, 3.05) is 26.8 Å². The molecule has 8 nitrogen and oxygen atoms in total. The quantitative estimate of drug-likeness (QED) is 0.611. The third-order valence-electron chi connectivity index (χ3n) is 10.2. The van der Waals surface area contributed by atoms with E-state index in [4.69, 9.17) is 28.4 Å². The molecule has 0 bridgehead atoms. The van der Waals surface area contributed by atoms with Crippen LogP contribution in [0, 0.1) is 22.7 Å². The zero-order valence-electron chi connectivity index (χ0n) is 21.4. The normalized spacial score (nSPS) is 43.2. The van der Waals surface area contributed by atoms with Crippen molar-refractivity contribution in [2.24, 2.45) is 22.7 Å². The molecule has 1 N–H and O–H groups in total. The molecule has 198 valence electrons. The van der Waals surface area contributed by atoms with Gasteiger partial charge in [-0.1, -0.05) is 19.9 Å². The van der Waals surface area contributed by atoms with Gasteiger partial charge in [-0.05, 0) is 79.2 Å². The molecule has 0 aromatic heterocycles. The fourth-order valence-corrected chi connectivity index (χ4v) is 8.48. The number of cyclic esters (lactones) is 1. The number of ether oxygens (including phenoxy) is 6. The zero-order valence-corrected chi connectivity index (χ0v) is 21.4. The molecule has 6 aliphatic rings. The number of hydrogen-bond donors (Lipinski definition) is 1. The average Bonchev–Trinajstić information content (AvgIpc) is 3.60. The van der Waals surface area contributed by atoms with Crippen molar-refractivity contribution in [2.45, 2.75) is 63.8 Å². The molecule has 2 saturated carbocycles. The van der Waals surface area contributed by atoms with Crippen molar-refractivity contribution in [3.8, 4) is 11.5 Å². The van der Waals surface area contributed by atoms with E-state index in [-0.39, 0.29) is 42.2 Å². The Morgan fingerprint density at radius 3 is 2.78 bits per heavy atom. The molecule has 7 atom stereocenters. The third kappa shape index (κ3) is 3.45. The van der Waals surface area contributed by atoms with Crippen LogP contribution in [0.3, 0.4) is 0 Å². The van der Waals surface area contributed by atoms with Crippen LogP contribution in [0.15, 0.2) is 35.6 Å². The SMILES string of the molecule is C[C@@]12COCO[C@@H]1CC[C@]1(C)[C@@H]2CC[C@@]2(CO)OC(C3=C/C(=C/c4ccc5c(c4)OCO5)OC3=O)C[C@H]21. The van der Waals surface area contributed by atoms with Crippen LogP contribution >= 0.6 is 0 Å². The Morgan fingerprint density at radius 2 is 1.92 bits per heavy atom. The van der Waals surface area contributed by atoms with Gasteiger partial charge in [-0.25, -0.2) is 4.79 Å². The molecule has 7 rings (SSSR count). The van der Waals surface area contributed by atoms with Crippen LogP contribution in [-0.4, -0.2) is 55.7 Å². The molecular formula is C29H34O8. The number of aliphatic hydroxyl groups excluding tert-OH is 1. The number of carbonyl (C=O) groups is 1. The smallest absolute Gasteiger partial charge is 0.342 e. The standard InChI is InChI=1S/C29H34O8/c1-27-7-6-25-28(2,14-32-15-35-25)23(27)5-8-29(13-30)24(27)12-21(37-29)19-11-18(36-26(19)31)9-17-3-4-20-22(10-17)34-16-33-20/h3-4,9-11,21,23-25,30H,5-8,12-16H2,1-2H3/b18-9-/t21?,23-,24-,25+,27+,28-,29-/m0/s1. The summed E-state index contributed by atoms with van der Waals surface area (Å²) in [4.78, 5) is 13.0. The van der Waals surface area contributed by atoms with E-state index in [1.807, 2.05) is 24.3 Å². The highest BCUT2D eigenvalue weighted by Crippen LogP contribution is 2.67. The van der Waals surface area contributed by atoms with Crippen molar-refractivity contribution < 1.29 is 38.3 Å². The summed E-state index contributed by atoms with van der Waals surface area (Å²) in [6.45, 7) is 5.90. The zero-order chi connectivity index (χ0) is 25.4. The summed E-state index contributed by atoms with van der Waals surface area (Å²) in [5.41, 5.74) is 0.629. The fourth-order valence-electron chi connectivity index (χ4n) is 8.48. The van der Waals surface area contributed by atoms with Gasteiger partial charge in [0.25, 0.3) is 0 Å². The molecule has 1 aromatic rings. The first-order valence-electron chi connectivity index (χ1n) is 13.4. The predicted molar refractivity (Wildman–Crippen MR) is 131 cm³/mol. The van der Waals surface area contributed by atoms with Crippen molar-refractivity contribution in [1.29, 1.82) is 0 Å². The molecule has 37 heavy (non-hydrogen) atoms. The summed E-state index contributed by atoms with van der Waals surface area (Å²) in [5, 5.41) is 10.7. The molecule has 4 heterocycles. The maximum absolute atomic E-state index is 13.0. The van der Waals surface area contributed by atoms with Crippen molar-refractivity contribution in [3.05, 3.63) is 41.2 Å². The van der Waals surface area contributed by atoms with E-state index in [1.165, 1.54) is 0 Å². The number of carbonyl (C=O) groups excluding carboxylic acids is 1. The van der Waals surface area contributed by atoms with Crippen LogP contribution in [0.25, 0.3) is 6.08 Å². The molecule has 0 amide bonds. The maximum atomic E-state index is 13.0. The lowest BCUT2D eigenvalue weighted by molar-refractivity contribution is -0.276.